The number of rotatable bonds is 8. The predicted octanol–water partition coefficient (Wildman–Crippen LogP) is 1.05. The fourth-order valence-corrected chi connectivity index (χ4v) is 2.23. The second kappa shape index (κ2) is 6.85. The van der Waals surface area contributed by atoms with Gasteiger partial charge in [0.2, 0.25) is 0 Å². The van der Waals surface area contributed by atoms with E-state index in [-0.39, 0.29) is 23.2 Å². The molecule has 1 fully saturated rings. The van der Waals surface area contributed by atoms with Gasteiger partial charge in [-0.1, -0.05) is 13.3 Å². The van der Waals surface area contributed by atoms with Crippen LogP contribution in [-0.4, -0.2) is 49.0 Å². The van der Waals surface area contributed by atoms with E-state index in [0.29, 0.717) is 45.6 Å². The zero-order valence-corrected chi connectivity index (χ0v) is 12.3. The zero-order chi connectivity index (χ0) is 15.3. The molecule has 0 radical (unpaired) electrons. The van der Waals surface area contributed by atoms with Crippen LogP contribution >= 0.6 is 0 Å². The summed E-state index contributed by atoms with van der Waals surface area (Å²) in [6.45, 7) is 4.14. The van der Waals surface area contributed by atoms with Gasteiger partial charge < -0.3 is 9.47 Å². The highest BCUT2D eigenvalue weighted by Crippen LogP contribution is 2.26. The van der Waals surface area contributed by atoms with Crippen LogP contribution in [0.25, 0.3) is 0 Å². The van der Waals surface area contributed by atoms with E-state index in [2.05, 4.69) is 0 Å². The van der Waals surface area contributed by atoms with E-state index in [4.69, 9.17) is 9.47 Å². The lowest BCUT2D eigenvalue weighted by atomic mass is 9.90. The summed E-state index contributed by atoms with van der Waals surface area (Å²) in [6.07, 6.45) is 5.13. The summed E-state index contributed by atoms with van der Waals surface area (Å²) in [5.41, 5.74) is -0.0147. The van der Waals surface area contributed by atoms with Gasteiger partial charge in [-0.3, -0.25) is 19.3 Å². The van der Waals surface area contributed by atoms with E-state index in [1.54, 1.807) is 0 Å². The van der Waals surface area contributed by atoms with E-state index in [9.17, 15) is 14.4 Å². The van der Waals surface area contributed by atoms with Gasteiger partial charge in [-0.25, -0.2) is 0 Å². The summed E-state index contributed by atoms with van der Waals surface area (Å²) >= 11 is 0. The largest absolute Gasteiger partial charge is 0.465 e. The van der Waals surface area contributed by atoms with Crippen molar-refractivity contribution in [2.45, 2.75) is 32.6 Å². The van der Waals surface area contributed by atoms with Crippen LogP contribution in [0.15, 0.2) is 12.2 Å². The molecule has 0 aliphatic carbocycles. The number of carbonyl (C=O) groups excluding carboxylic acids is 3. The van der Waals surface area contributed by atoms with Crippen molar-refractivity contribution < 1.29 is 23.9 Å². The van der Waals surface area contributed by atoms with Gasteiger partial charge in [0.05, 0.1) is 13.2 Å². The summed E-state index contributed by atoms with van der Waals surface area (Å²) in [6, 6.07) is 0. The zero-order valence-electron chi connectivity index (χ0n) is 12.3. The van der Waals surface area contributed by atoms with Crippen molar-refractivity contribution in [3.05, 3.63) is 12.2 Å². The smallest absolute Gasteiger partial charge is 0.305 e. The Morgan fingerprint density at radius 1 is 1.24 bits per heavy atom. The molecular formula is C15H21NO5. The third-order valence-electron chi connectivity index (χ3n) is 3.65. The van der Waals surface area contributed by atoms with E-state index in [1.807, 2.05) is 6.92 Å². The maximum Gasteiger partial charge on any atom is 0.305 e. The monoisotopic (exact) mass is 295 g/mol. The third-order valence-corrected chi connectivity index (χ3v) is 3.65. The minimum Gasteiger partial charge on any atom is -0.465 e. The first-order valence-electron chi connectivity index (χ1n) is 7.27. The topological polar surface area (TPSA) is 72.9 Å². The van der Waals surface area contributed by atoms with Crippen LogP contribution < -0.4 is 0 Å². The molecular weight excluding hydrogens is 274 g/mol. The van der Waals surface area contributed by atoms with Crippen molar-refractivity contribution in [2.24, 2.45) is 5.41 Å². The molecule has 0 aromatic rings. The van der Waals surface area contributed by atoms with Crippen molar-refractivity contribution in [3.8, 4) is 0 Å². The van der Waals surface area contributed by atoms with E-state index >= 15 is 0 Å². The second-order valence-electron chi connectivity index (χ2n) is 5.94. The van der Waals surface area contributed by atoms with Crippen LogP contribution in [0.2, 0.25) is 0 Å². The second-order valence-corrected chi connectivity index (χ2v) is 5.94. The molecule has 0 saturated carbocycles. The van der Waals surface area contributed by atoms with Gasteiger partial charge in [-0.15, -0.1) is 0 Å². The number of hydrogen-bond acceptors (Lipinski definition) is 5. The Bertz CT molecular complexity index is 435. The number of amides is 2. The van der Waals surface area contributed by atoms with Gasteiger partial charge in [0, 0.05) is 30.5 Å². The summed E-state index contributed by atoms with van der Waals surface area (Å²) in [5.74, 6) is -0.705. The van der Waals surface area contributed by atoms with Crippen molar-refractivity contribution >= 4 is 17.8 Å². The van der Waals surface area contributed by atoms with Crippen LogP contribution in [0.3, 0.4) is 0 Å². The Labute approximate surface area is 124 Å². The lowest BCUT2D eigenvalue weighted by Gasteiger charge is -2.37. The lowest BCUT2D eigenvalue weighted by molar-refractivity contribution is -0.165. The minimum atomic E-state index is -0.254. The van der Waals surface area contributed by atoms with Crippen LogP contribution in [0.4, 0.5) is 0 Å². The normalized spacial score (nSPS) is 19.8. The average molecular weight is 295 g/mol. The third kappa shape index (κ3) is 4.39. The number of nitrogens with zero attached hydrogens (tertiary/aromatic N) is 1. The number of carbonyl (C=O) groups is 3. The molecule has 6 heteroatoms. The quantitative estimate of drug-likeness (QED) is 0.380. The Morgan fingerprint density at radius 3 is 2.48 bits per heavy atom. The molecule has 0 aromatic heterocycles. The van der Waals surface area contributed by atoms with Crippen molar-refractivity contribution in [1.29, 1.82) is 0 Å². The Kier molecular flexibility index (Phi) is 5.12. The number of ether oxygens (including phenoxy) is 2. The Morgan fingerprint density at radius 2 is 1.90 bits per heavy atom. The number of unbranched alkanes of at least 4 members (excludes halogenated alkanes) is 2. The van der Waals surface area contributed by atoms with E-state index in [0.717, 1.165) is 6.42 Å². The fourth-order valence-electron chi connectivity index (χ4n) is 2.23. The SMILES string of the molecule is CC1(COC(=O)CCCCCN2C(=O)C=CC2=O)COC1. The van der Waals surface area contributed by atoms with Crippen molar-refractivity contribution in [2.75, 3.05) is 26.4 Å². The number of esters is 1. The van der Waals surface area contributed by atoms with Gasteiger partial charge in [0.1, 0.15) is 6.61 Å². The molecule has 2 rings (SSSR count). The minimum absolute atomic E-state index is 0.0147. The molecule has 0 aromatic carbocycles. The molecule has 116 valence electrons. The molecule has 1 saturated heterocycles. The molecule has 0 spiro atoms. The molecule has 2 amide bonds. The lowest BCUT2D eigenvalue weighted by Crippen LogP contribution is -2.44. The van der Waals surface area contributed by atoms with Gasteiger partial charge in [-0.05, 0) is 12.8 Å². The van der Waals surface area contributed by atoms with E-state index in [1.165, 1.54) is 17.1 Å². The molecule has 2 aliphatic heterocycles. The van der Waals surface area contributed by atoms with Gasteiger partial charge in [0.25, 0.3) is 11.8 Å². The molecule has 6 nitrogen and oxygen atoms in total. The molecule has 0 unspecified atom stereocenters. The van der Waals surface area contributed by atoms with Crippen LogP contribution in [0.1, 0.15) is 32.6 Å². The highest BCUT2D eigenvalue weighted by molar-refractivity contribution is 6.12. The highest BCUT2D eigenvalue weighted by atomic mass is 16.5. The summed E-state index contributed by atoms with van der Waals surface area (Å²) in [4.78, 5) is 35.4. The maximum absolute atomic E-state index is 11.6. The first-order chi connectivity index (χ1) is 10.0. The number of hydrogen-bond donors (Lipinski definition) is 0. The average Bonchev–Trinajstić information content (AvgIpc) is 2.74. The Hall–Kier alpha value is -1.69. The van der Waals surface area contributed by atoms with Crippen LogP contribution in [0, 0.1) is 5.41 Å². The highest BCUT2D eigenvalue weighted by Gasteiger charge is 2.34. The molecule has 2 aliphatic rings. The first-order valence-corrected chi connectivity index (χ1v) is 7.27. The van der Waals surface area contributed by atoms with E-state index < -0.39 is 0 Å². The molecule has 21 heavy (non-hydrogen) atoms. The summed E-state index contributed by atoms with van der Waals surface area (Å²) in [5, 5.41) is 0. The number of imide groups is 1. The van der Waals surface area contributed by atoms with Crippen molar-refractivity contribution in [3.63, 3.8) is 0 Å². The molecule has 2 heterocycles. The summed E-state index contributed by atoms with van der Waals surface area (Å²) in [7, 11) is 0. The fraction of sp³-hybridized carbons (Fsp3) is 0.667. The maximum atomic E-state index is 11.6. The van der Waals surface area contributed by atoms with Gasteiger partial charge in [0.15, 0.2) is 0 Å². The standard InChI is InChI=1S/C15H21NO5/c1-15(9-20-10-15)11-21-14(19)5-3-2-4-8-16-12(17)6-7-13(16)18/h6-7H,2-5,8-11H2,1H3. The van der Waals surface area contributed by atoms with Gasteiger partial charge in [-0.2, -0.15) is 0 Å². The Balaban J connectivity index is 1.50. The van der Waals surface area contributed by atoms with Crippen LogP contribution in [0.5, 0.6) is 0 Å². The van der Waals surface area contributed by atoms with Crippen molar-refractivity contribution in [1.82, 2.24) is 4.90 Å². The first kappa shape index (κ1) is 15.7. The molecule has 0 N–H and O–H groups in total. The van der Waals surface area contributed by atoms with Crippen LogP contribution in [-0.2, 0) is 23.9 Å². The predicted molar refractivity (Wildman–Crippen MR) is 74.2 cm³/mol. The molecule has 0 atom stereocenters. The van der Waals surface area contributed by atoms with Gasteiger partial charge >= 0.3 is 5.97 Å². The molecule has 0 bridgehead atoms. The summed E-state index contributed by atoms with van der Waals surface area (Å²) < 4.78 is 10.3.